The molecule has 1 aliphatic heterocycles. The monoisotopic (exact) mass is 246 g/mol. The van der Waals surface area contributed by atoms with Crippen molar-refractivity contribution in [3.8, 4) is 0 Å². The predicted octanol–water partition coefficient (Wildman–Crippen LogP) is 3.35. The zero-order valence-corrected chi connectivity index (χ0v) is 11.8. The molecule has 2 rings (SSSR count). The van der Waals surface area contributed by atoms with E-state index >= 15 is 0 Å². The van der Waals surface area contributed by atoms with Crippen molar-refractivity contribution in [1.82, 2.24) is 5.32 Å². The van der Waals surface area contributed by atoms with Gasteiger partial charge in [0, 0.05) is 24.8 Å². The number of hydrogen-bond acceptors (Lipinski definition) is 2. The molecule has 0 amide bonds. The fourth-order valence-electron chi connectivity index (χ4n) is 2.78. The van der Waals surface area contributed by atoms with Gasteiger partial charge in [-0.3, -0.25) is 0 Å². The van der Waals surface area contributed by atoms with Crippen LogP contribution in [0.1, 0.15) is 38.2 Å². The number of nitrogens with zero attached hydrogens (tertiary/aromatic N) is 1. The van der Waals surface area contributed by atoms with Gasteiger partial charge in [0.1, 0.15) is 0 Å². The Morgan fingerprint density at radius 1 is 1.33 bits per heavy atom. The van der Waals surface area contributed by atoms with E-state index in [-0.39, 0.29) is 0 Å². The maximum atomic E-state index is 3.63. The van der Waals surface area contributed by atoms with Crippen molar-refractivity contribution in [3.05, 3.63) is 29.8 Å². The lowest BCUT2D eigenvalue weighted by molar-refractivity contribution is 0.383. The summed E-state index contributed by atoms with van der Waals surface area (Å²) in [5, 5.41) is 3.63. The van der Waals surface area contributed by atoms with Gasteiger partial charge in [0.05, 0.1) is 0 Å². The van der Waals surface area contributed by atoms with Gasteiger partial charge in [0.15, 0.2) is 0 Å². The maximum Gasteiger partial charge on any atom is 0.0368 e. The third-order valence-corrected chi connectivity index (χ3v) is 3.91. The molecule has 1 unspecified atom stereocenters. The van der Waals surface area contributed by atoms with Crippen LogP contribution < -0.4 is 10.2 Å². The Kier molecular flexibility index (Phi) is 5.06. The average Bonchev–Trinajstić information content (AvgIpc) is 2.41. The smallest absolute Gasteiger partial charge is 0.0368 e. The molecule has 1 aromatic rings. The SMILES string of the molecule is CCN(CCC1CCCCN1)c1cccc(C)c1. The molecule has 18 heavy (non-hydrogen) atoms. The van der Waals surface area contributed by atoms with Crippen molar-refractivity contribution >= 4 is 5.69 Å². The molecular weight excluding hydrogens is 220 g/mol. The average molecular weight is 246 g/mol. The van der Waals surface area contributed by atoms with Gasteiger partial charge in [-0.25, -0.2) is 0 Å². The van der Waals surface area contributed by atoms with Crippen LogP contribution >= 0.6 is 0 Å². The van der Waals surface area contributed by atoms with Crippen LogP contribution in [0.25, 0.3) is 0 Å². The molecule has 100 valence electrons. The third kappa shape index (κ3) is 3.74. The van der Waals surface area contributed by atoms with E-state index < -0.39 is 0 Å². The Labute approximate surface area is 111 Å². The van der Waals surface area contributed by atoms with Crippen molar-refractivity contribution in [2.45, 2.75) is 45.6 Å². The first-order chi connectivity index (χ1) is 8.79. The Morgan fingerprint density at radius 3 is 2.89 bits per heavy atom. The second-order valence-electron chi connectivity index (χ2n) is 5.35. The van der Waals surface area contributed by atoms with E-state index in [4.69, 9.17) is 0 Å². The van der Waals surface area contributed by atoms with E-state index in [0.717, 1.165) is 19.1 Å². The number of piperidine rings is 1. The van der Waals surface area contributed by atoms with E-state index in [1.807, 2.05) is 0 Å². The van der Waals surface area contributed by atoms with Gasteiger partial charge in [-0.15, -0.1) is 0 Å². The topological polar surface area (TPSA) is 15.3 Å². The molecule has 1 heterocycles. The minimum absolute atomic E-state index is 0.734. The van der Waals surface area contributed by atoms with Gasteiger partial charge >= 0.3 is 0 Å². The molecule has 2 heteroatoms. The maximum absolute atomic E-state index is 3.63. The Morgan fingerprint density at radius 2 is 2.22 bits per heavy atom. The molecule has 1 N–H and O–H groups in total. The zero-order chi connectivity index (χ0) is 12.8. The highest BCUT2D eigenvalue weighted by Crippen LogP contribution is 2.17. The molecule has 1 saturated heterocycles. The summed E-state index contributed by atoms with van der Waals surface area (Å²) in [6.45, 7) is 7.88. The molecule has 0 spiro atoms. The number of rotatable bonds is 5. The normalized spacial score (nSPS) is 19.8. The van der Waals surface area contributed by atoms with Crippen LogP contribution in [-0.2, 0) is 0 Å². The molecule has 0 radical (unpaired) electrons. The van der Waals surface area contributed by atoms with Gasteiger partial charge in [-0.2, -0.15) is 0 Å². The van der Waals surface area contributed by atoms with Crippen molar-refractivity contribution in [2.24, 2.45) is 0 Å². The van der Waals surface area contributed by atoms with E-state index in [9.17, 15) is 0 Å². The van der Waals surface area contributed by atoms with E-state index in [2.05, 4.69) is 48.3 Å². The minimum Gasteiger partial charge on any atom is -0.372 e. The first kappa shape index (κ1) is 13.4. The van der Waals surface area contributed by atoms with Crippen molar-refractivity contribution in [2.75, 3.05) is 24.5 Å². The van der Waals surface area contributed by atoms with Gasteiger partial charge < -0.3 is 10.2 Å². The quantitative estimate of drug-likeness (QED) is 0.857. The molecule has 0 aromatic heterocycles. The highest BCUT2D eigenvalue weighted by Gasteiger charge is 2.13. The molecule has 1 aromatic carbocycles. The van der Waals surface area contributed by atoms with Crippen LogP contribution in [0.3, 0.4) is 0 Å². The lowest BCUT2D eigenvalue weighted by atomic mass is 10.0. The number of hydrogen-bond donors (Lipinski definition) is 1. The molecule has 0 saturated carbocycles. The first-order valence-electron chi connectivity index (χ1n) is 7.34. The Balaban J connectivity index is 1.88. The Hall–Kier alpha value is -1.02. The summed E-state index contributed by atoms with van der Waals surface area (Å²) in [4.78, 5) is 2.49. The molecule has 2 nitrogen and oxygen atoms in total. The lowest BCUT2D eigenvalue weighted by Gasteiger charge is -2.28. The second-order valence-corrected chi connectivity index (χ2v) is 5.35. The van der Waals surface area contributed by atoms with Crippen LogP contribution in [0.4, 0.5) is 5.69 Å². The van der Waals surface area contributed by atoms with Gasteiger partial charge in [-0.05, 0) is 57.4 Å². The number of benzene rings is 1. The summed E-state index contributed by atoms with van der Waals surface area (Å²) < 4.78 is 0. The standard InChI is InChI=1S/C16H26N2/c1-3-18(16-9-6-7-14(2)13-16)12-10-15-8-4-5-11-17-15/h6-7,9,13,15,17H,3-5,8,10-12H2,1-2H3. The number of anilines is 1. The Bertz CT molecular complexity index is 356. The third-order valence-electron chi connectivity index (χ3n) is 3.91. The fraction of sp³-hybridized carbons (Fsp3) is 0.625. The van der Waals surface area contributed by atoms with Gasteiger partial charge in [0.2, 0.25) is 0 Å². The van der Waals surface area contributed by atoms with E-state index in [1.54, 1.807) is 0 Å². The van der Waals surface area contributed by atoms with Crippen LogP contribution in [0.2, 0.25) is 0 Å². The number of nitrogens with one attached hydrogen (secondary N) is 1. The summed E-state index contributed by atoms with van der Waals surface area (Å²) in [6, 6.07) is 9.58. The van der Waals surface area contributed by atoms with Crippen LogP contribution in [0.15, 0.2) is 24.3 Å². The van der Waals surface area contributed by atoms with E-state index in [0.29, 0.717) is 0 Å². The molecule has 0 bridgehead atoms. The molecule has 1 atom stereocenters. The molecule has 1 fully saturated rings. The summed E-state index contributed by atoms with van der Waals surface area (Å²) in [5.74, 6) is 0. The van der Waals surface area contributed by atoms with Gasteiger partial charge in [0.25, 0.3) is 0 Å². The van der Waals surface area contributed by atoms with Crippen molar-refractivity contribution in [3.63, 3.8) is 0 Å². The summed E-state index contributed by atoms with van der Waals surface area (Å²) >= 11 is 0. The molecular formula is C16H26N2. The largest absolute Gasteiger partial charge is 0.372 e. The van der Waals surface area contributed by atoms with Crippen LogP contribution in [0, 0.1) is 6.92 Å². The predicted molar refractivity (Wildman–Crippen MR) is 79.3 cm³/mol. The first-order valence-corrected chi connectivity index (χ1v) is 7.34. The van der Waals surface area contributed by atoms with Crippen LogP contribution in [-0.4, -0.2) is 25.7 Å². The highest BCUT2D eigenvalue weighted by atomic mass is 15.1. The minimum atomic E-state index is 0.734. The summed E-state index contributed by atoms with van der Waals surface area (Å²) in [7, 11) is 0. The van der Waals surface area contributed by atoms with Gasteiger partial charge in [-0.1, -0.05) is 18.6 Å². The second kappa shape index (κ2) is 6.79. The highest BCUT2D eigenvalue weighted by molar-refractivity contribution is 5.48. The van der Waals surface area contributed by atoms with Crippen LogP contribution in [0.5, 0.6) is 0 Å². The lowest BCUT2D eigenvalue weighted by Crippen LogP contribution is -2.37. The summed E-state index contributed by atoms with van der Waals surface area (Å²) in [5.41, 5.74) is 2.72. The zero-order valence-electron chi connectivity index (χ0n) is 11.8. The number of aryl methyl sites for hydroxylation is 1. The molecule has 1 aliphatic rings. The fourth-order valence-corrected chi connectivity index (χ4v) is 2.78. The van der Waals surface area contributed by atoms with Crippen molar-refractivity contribution in [1.29, 1.82) is 0 Å². The summed E-state index contributed by atoms with van der Waals surface area (Å²) in [6.07, 6.45) is 5.37. The van der Waals surface area contributed by atoms with E-state index in [1.165, 1.54) is 43.5 Å². The van der Waals surface area contributed by atoms with Crippen molar-refractivity contribution < 1.29 is 0 Å². The molecule has 0 aliphatic carbocycles.